The average Bonchev–Trinajstić information content (AvgIpc) is 3.23. The zero-order chi connectivity index (χ0) is 39.7. The first kappa shape index (κ1) is 39.5. The summed E-state index contributed by atoms with van der Waals surface area (Å²) in [4.78, 5) is 52.7. The van der Waals surface area contributed by atoms with E-state index in [9.17, 15) is 19.2 Å². The summed E-state index contributed by atoms with van der Waals surface area (Å²) < 4.78 is 11.9. The molecule has 0 heterocycles. The summed E-state index contributed by atoms with van der Waals surface area (Å²) in [6.45, 7) is 7.57. The van der Waals surface area contributed by atoms with Gasteiger partial charge in [-0.1, -0.05) is 146 Å². The van der Waals surface area contributed by atoms with Crippen LogP contribution in [0.5, 0.6) is 0 Å². The van der Waals surface area contributed by atoms with Crippen LogP contribution in [-0.4, -0.2) is 41.1 Å². The minimum atomic E-state index is -1.07. The highest BCUT2D eigenvalue weighted by molar-refractivity contribution is 6.10. The highest BCUT2D eigenvalue weighted by Crippen LogP contribution is 2.25. The van der Waals surface area contributed by atoms with Gasteiger partial charge < -0.3 is 9.47 Å². The van der Waals surface area contributed by atoms with E-state index in [1.54, 1.807) is 62.4 Å². The predicted octanol–water partition coefficient (Wildman–Crippen LogP) is 11.3. The Morgan fingerprint density at radius 1 is 0.429 bits per heavy atom. The number of hydrogen-bond acceptors (Lipinski definition) is 6. The molecular weight excluding hydrogens is 697 g/mol. The Hall–Kier alpha value is -6.24. The quantitative estimate of drug-likeness (QED) is 0.0557. The normalized spacial score (nSPS) is 11.5. The molecule has 6 heteroatoms. The van der Waals surface area contributed by atoms with Crippen molar-refractivity contribution in [1.82, 2.24) is 0 Å². The van der Waals surface area contributed by atoms with Gasteiger partial charge in [-0.25, -0.2) is 4.79 Å². The summed E-state index contributed by atoms with van der Waals surface area (Å²) >= 11 is 0. The molecule has 0 unspecified atom stereocenters. The lowest BCUT2D eigenvalue weighted by atomic mass is 9.94. The SMILES string of the molecule is CC(C)(CCCCOC(C)(C)C(=O)c1ccc(C(=O)c2ccc(-c3ccccc3)cc2)cc1)OC(=O)c1ccc(C(=O)c2ccc(-c3ccccc3)cc2)cc1. The maximum Gasteiger partial charge on any atom is 0.338 e. The fraction of sp³-hybridized carbons (Fsp3) is 0.200. The zero-order valence-corrected chi connectivity index (χ0v) is 32.3. The number of rotatable bonds is 16. The third-order valence-corrected chi connectivity index (χ3v) is 9.85. The van der Waals surface area contributed by atoms with Crippen LogP contribution >= 0.6 is 0 Å². The molecule has 0 amide bonds. The topological polar surface area (TPSA) is 86.7 Å². The van der Waals surface area contributed by atoms with E-state index < -0.39 is 17.2 Å². The van der Waals surface area contributed by atoms with Crippen LogP contribution in [0.3, 0.4) is 0 Å². The largest absolute Gasteiger partial charge is 0.456 e. The highest BCUT2D eigenvalue weighted by atomic mass is 16.6. The lowest BCUT2D eigenvalue weighted by Crippen LogP contribution is -2.35. The molecule has 0 aliphatic rings. The third kappa shape index (κ3) is 9.89. The van der Waals surface area contributed by atoms with Crippen LogP contribution < -0.4 is 0 Å². The Morgan fingerprint density at radius 2 is 0.786 bits per heavy atom. The number of benzene rings is 6. The first-order chi connectivity index (χ1) is 26.9. The molecule has 282 valence electrons. The third-order valence-electron chi connectivity index (χ3n) is 9.85. The van der Waals surface area contributed by atoms with Crippen molar-refractivity contribution in [2.45, 2.75) is 58.2 Å². The van der Waals surface area contributed by atoms with E-state index in [4.69, 9.17) is 9.47 Å². The predicted molar refractivity (Wildman–Crippen MR) is 221 cm³/mol. The molecule has 0 aliphatic heterocycles. The van der Waals surface area contributed by atoms with Gasteiger partial charge in [0.1, 0.15) is 11.2 Å². The van der Waals surface area contributed by atoms with Crippen molar-refractivity contribution in [2.75, 3.05) is 6.61 Å². The molecule has 0 bridgehead atoms. The van der Waals surface area contributed by atoms with Gasteiger partial charge in [0.15, 0.2) is 17.3 Å². The number of hydrogen-bond donors (Lipinski definition) is 0. The van der Waals surface area contributed by atoms with Crippen molar-refractivity contribution in [2.24, 2.45) is 0 Å². The Labute approximate surface area is 329 Å². The first-order valence-electron chi connectivity index (χ1n) is 18.9. The molecule has 6 aromatic rings. The summed E-state index contributed by atoms with van der Waals surface area (Å²) in [7, 11) is 0. The number of Topliss-reactive ketones (excluding diaryl/α,β-unsaturated/α-hetero) is 1. The monoisotopic (exact) mass is 742 g/mol. The van der Waals surface area contributed by atoms with Crippen LogP contribution in [0.4, 0.5) is 0 Å². The minimum absolute atomic E-state index is 0.112. The highest BCUT2D eigenvalue weighted by Gasteiger charge is 2.30. The summed E-state index contributed by atoms with van der Waals surface area (Å²) in [5.41, 5.74) is 5.41. The molecule has 0 N–H and O–H groups in total. The van der Waals surface area contributed by atoms with E-state index in [1.807, 2.05) is 123 Å². The van der Waals surface area contributed by atoms with Crippen molar-refractivity contribution in [3.63, 3.8) is 0 Å². The Morgan fingerprint density at radius 3 is 1.21 bits per heavy atom. The number of ketones is 3. The molecule has 56 heavy (non-hydrogen) atoms. The van der Waals surface area contributed by atoms with Crippen molar-refractivity contribution in [3.8, 4) is 22.3 Å². The summed E-state index contributed by atoms with van der Waals surface area (Å²) in [6.07, 6.45) is 1.97. The standard InChI is InChI=1S/C50H46O6/c1-49(2,56-48(54)44-31-27-42(28-32-44)46(52)40-23-19-38(20-24-40)36-15-9-6-10-16-36)33-11-12-34-55-50(3,4)47(53)43-29-25-41(26-30-43)45(51)39-21-17-37(18-22-39)35-13-7-5-8-14-35/h5-10,13-32H,11-12,33-34H2,1-4H3. The molecule has 0 spiro atoms. The fourth-order valence-corrected chi connectivity index (χ4v) is 6.51. The van der Waals surface area contributed by atoms with Crippen molar-refractivity contribution in [1.29, 1.82) is 0 Å². The minimum Gasteiger partial charge on any atom is -0.456 e. The molecule has 6 rings (SSSR count). The number of unbranched alkanes of at least 4 members (excludes halogenated alkanes) is 1. The van der Waals surface area contributed by atoms with Crippen molar-refractivity contribution < 1.29 is 28.7 Å². The van der Waals surface area contributed by atoms with E-state index in [-0.39, 0.29) is 17.3 Å². The van der Waals surface area contributed by atoms with Crippen LogP contribution in [-0.2, 0) is 9.47 Å². The fourth-order valence-electron chi connectivity index (χ4n) is 6.51. The summed E-state index contributed by atoms with van der Waals surface area (Å²) in [5, 5.41) is 0. The van der Waals surface area contributed by atoms with E-state index in [0.717, 1.165) is 22.3 Å². The van der Waals surface area contributed by atoms with E-state index in [1.165, 1.54) is 0 Å². The second kappa shape index (κ2) is 17.5. The number of esters is 1. The molecule has 0 aliphatic carbocycles. The summed E-state index contributed by atoms with van der Waals surface area (Å²) in [6, 6.07) is 48.2. The molecule has 0 radical (unpaired) electrons. The number of ether oxygens (including phenoxy) is 2. The molecule has 6 aromatic carbocycles. The average molecular weight is 743 g/mol. The molecule has 0 aromatic heterocycles. The zero-order valence-electron chi connectivity index (χ0n) is 32.3. The van der Waals surface area contributed by atoms with Gasteiger partial charge in [-0.15, -0.1) is 0 Å². The maximum atomic E-state index is 13.4. The molecule has 0 saturated heterocycles. The maximum absolute atomic E-state index is 13.4. The molecule has 0 atom stereocenters. The van der Waals surface area contributed by atoms with Gasteiger partial charge in [-0.05, 0) is 81.3 Å². The number of carbonyl (C=O) groups is 4. The van der Waals surface area contributed by atoms with Gasteiger partial charge in [0.2, 0.25) is 0 Å². The van der Waals surface area contributed by atoms with Gasteiger partial charge in [0.25, 0.3) is 0 Å². The molecular formula is C50H46O6. The Balaban J connectivity index is 0.934. The van der Waals surface area contributed by atoms with Gasteiger partial charge in [0.05, 0.1) is 5.56 Å². The van der Waals surface area contributed by atoms with Crippen LogP contribution in [0.15, 0.2) is 158 Å². The van der Waals surface area contributed by atoms with Crippen LogP contribution in [0, 0.1) is 0 Å². The Kier molecular flexibility index (Phi) is 12.3. The van der Waals surface area contributed by atoms with Crippen LogP contribution in [0.25, 0.3) is 22.3 Å². The molecule has 0 fully saturated rings. The van der Waals surface area contributed by atoms with E-state index >= 15 is 0 Å². The second-order valence-corrected chi connectivity index (χ2v) is 15.0. The van der Waals surface area contributed by atoms with Crippen molar-refractivity contribution >= 4 is 23.3 Å². The summed E-state index contributed by atoms with van der Waals surface area (Å²) in [5.74, 6) is -0.869. The van der Waals surface area contributed by atoms with E-state index in [2.05, 4.69) is 0 Å². The Bertz CT molecular complexity index is 2270. The first-order valence-corrected chi connectivity index (χ1v) is 18.9. The smallest absolute Gasteiger partial charge is 0.338 e. The van der Waals surface area contributed by atoms with Gasteiger partial charge in [-0.3, -0.25) is 14.4 Å². The van der Waals surface area contributed by atoms with Gasteiger partial charge >= 0.3 is 5.97 Å². The lowest BCUT2D eigenvalue weighted by Gasteiger charge is -2.26. The van der Waals surface area contributed by atoms with Crippen LogP contribution in [0.1, 0.15) is 99.5 Å². The van der Waals surface area contributed by atoms with Crippen molar-refractivity contribution in [3.05, 3.63) is 191 Å². The lowest BCUT2D eigenvalue weighted by molar-refractivity contribution is -0.0150. The van der Waals surface area contributed by atoms with Gasteiger partial charge in [0, 0.05) is 34.4 Å². The molecule has 6 nitrogen and oxygen atoms in total. The van der Waals surface area contributed by atoms with E-state index in [0.29, 0.717) is 59.3 Å². The molecule has 0 saturated carbocycles. The number of carbonyl (C=O) groups excluding carboxylic acids is 4. The van der Waals surface area contributed by atoms with Crippen LogP contribution in [0.2, 0.25) is 0 Å². The second-order valence-electron chi connectivity index (χ2n) is 15.0. The van der Waals surface area contributed by atoms with Gasteiger partial charge in [-0.2, -0.15) is 0 Å².